The van der Waals surface area contributed by atoms with Gasteiger partial charge in [0.05, 0.1) is 11.4 Å². The topological polar surface area (TPSA) is 72.1 Å². The normalized spacial score (nSPS) is 11.4. The van der Waals surface area contributed by atoms with Crippen LogP contribution in [0.2, 0.25) is 0 Å². The number of hydrogen-bond donors (Lipinski definition) is 2. The van der Waals surface area contributed by atoms with Crippen LogP contribution in [0.5, 0.6) is 0 Å². The molecule has 2 heterocycles. The molecule has 2 aromatic rings. The predicted octanol–water partition coefficient (Wildman–Crippen LogP) is 2.73. The summed E-state index contributed by atoms with van der Waals surface area (Å²) in [6.07, 6.45) is 2.92. The Morgan fingerprint density at radius 2 is 1.89 bits per heavy atom. The lowest BCUT2D eigenvalue weighted by Gasteiger charge is -2.13. The first-order valence-corrected chi connectivity index (χ1v) is 9.49. The molecule has 0 aromatic carbocycles. The van der Waals surface area contributed by atoms with Crippen LogP contribution in [-0.4, -0.2) is 39.1 Å². The largest absolute Gasteiger partial charge is 0.356 e. The number of guanidine groups is 1. The summed E-state index contributed by atoms with van der Waals surface area (Å²) in [7, 11) is 3.83. The summed E-state index contributed by atoms with van der Waals surface area (Å²) < 4.78 is 4.06. The molecule has 0 aliphatic heterocycles. The van der Waals surface area contributed by atoms with Crippen LogP contribution in [0.3, 0.4) is 0 Å². The van der Waals surface area contributed by atoms with Crippen molar-refractivity contribution in [2.75, 3.05) is 13.6 Å². The minimum Gasteiger partial charge on any atom is -0.356 e. The highest BCUT2D eigenvalue weighted by Crippen LogP contribution is 2.15. The maximum atomic E-state index is 4.63. The van der Waals surface area contributed by atoms with Crippen molar-refractivity contribution in [2.24, 2.45) is 12.0 Å². The first-order valence-electron chi connectivity index (χ1n) is 9.49. The number of aromatic nitrogens is 4. The van der Waals surface area contributed by atoms with Crippen molar-refractivity contribution in [2.45, 2.75) is 60.0 Å². The first kappa shape index (κ1) is 23.5. The van der Waals surface area contributed by atoms with E-state index in [4.69, 9.17) is 0 Å². The number of rotatable bonds is 8. The van der Waals surface area contributed by atoms with E-state index in [2.05, 4.69) is 57.3 Å². The van der Waals surface area contributed by atoms with Crippen LogP contribution in [0.15, 0.2) is 11.1 Å². The average Bonchev–Trinajstić information content (AvgIpc) is 3.11. The van der Waals surface area contributed by atoms with Gasteiger partial charge in [-0.05, 0) is 39.2 Å². The number of halogens is 1. The number of nitrogens with zero attached hydrogens (tertiary/aromatic N) is 5. The monoisotopic (exact) mass is 487 g/mol. The lowest BCUT2D eigenvalue weighted by atomic mass is 10.1. The van der Waals surface area contributed by atoms with Gasteiger partial charge in [-0.15, -0.1) is 24.0 Å². The zero-order valence-corrected chi connectivity index (χ0v) is 19.8. The minimum absolute atomic E-state index is 0. The highest BCUT2D eigenvalue weighted by atomic mass is 127. The molecule has 7 nitrogen and oxygen atoms in total. The predicted molar refractivity (Wildman–Crippen MR) is 122 cm³/mol. The van der Waals surface area contributed by atoms with Gasteiger partial charge in [0.15, 0.2) is 5.96 Å². The lowest BCUT2D eigenvalue weighted by Crippen LogP contribution is -2.37. The van der Waals surface area contributed by atoms with Gasteiger partial charge in [-0.2, -0.15) is 10.2 Å². The zero-order chi connectivity index (χ0) is 19.1. The summed E-state index contributed by atoms with van der Waals surface area (Å²) in [4.78, 5) is 4.33. The summed E-state index contributed by atoms with van der Waals surface area (Å²) in [6, 6.07) is 2.11. The van der Waals surface area contributed by atoms with Gasteiger partial charge in [-0.25, -0.2) is 0 Å². The van der Waals surface area contributed by atoms with E-state index in [-0.39, 0.29) is 24.0 Å². The molecule has 0 amide bonds. The number of aliphatic imine (C=N–C) groups is 1. The van der Waals surface area contributed by atoms with Crippen molar-refractivity contribution in [3.05, 3.63) is 34.4 Å². The summed E-state index contributed by atoms with van der Waals surface area (Å²) >= 11 is 0. The second-order valence-electron chi connectivity index (χ2n) is 6.56. The molecule has 152 valence electrons. The fourth-order valence-electron chi connectivity index (χ4n) is 3.32. The molecule has 0 bridgehead atoms. The van der Waals surface area contributed by atoms with Crippen LogP contribution >= 0.6 is 24.0 Å². The maximum absolute atomic E-state index is 4.63. The second kappa shape index (κ2) is 11.3. The highest BCUT2D eigenvalue weighted by Gasteiger charge is 2.13. The summed E-state index contributed by atoms with van der Waals surface area (Å²) in [5, 5.41) is 15.9. The Kier molecular flexibility index (Phi) is 9.82. The Bertz CT molecular complexity index is 746. The van der Waals surface area contributed by atoms with E-state index in [1.807, 2.05) is 18.7 Å². The summed E-state index contributed by atoms with van der Waals surface area (Å²) in [5.74, 6) is 0.825. The third kappa shape index (κ3) is 6.22. The van der Waals surface area contributed by atoms with E-state index < -0.39 is 0 Å². The van der Waals surface area contributed by atoms with Crippen molar-refractivity contribution < 1.29 is 0 Å². The van der Waals surface area contributed by atoms with Crippen LogP contribution in [0, 0.1) is 13.8 Å². The number of aryl methyl sites for hydroxylation is 5. The smallest absolute Gasteiger partial charge is 0.191 e. The maximum Gasteiger partial charge on any atom is 0.191 e. The summed E-state index contributed by atoms with van der Waals surface area (Å²) in [5.41, 5.74) is 6.03. The van der Waals surface area contributed by atoms with Gasteiger partial charge in [0, 0.05) is 50.7 Å². The van der Waals surface area contributed by atoms with Crippen LogP contribution in [-0.2, 0) is 33.0 Å². The van der Waals surface area contributed by atoms with Crippen LogP contribution in [0.4, 0.5) is 0 Å². The molecular formula is C19H34IN7. The third-order valence-electron chi connectivity index (χ3n) is 4.63. The van der Waals surface area contributed by atoms with Crippen molar-refractivity contribution in [3.8, 4) is 0 Å². The fourth-order valence-corrected chi connectivity index (χ4v) is 3.32. The number of nitrogens with one attached hydrogen (secondary N) is 2. The van der Waals surface area contributed by atoms with Gasteiger partial charge in [0.2, 0.25) is 0 Å². The lowest BCUT2D eigenvalue weighted by molar-refractivity contribution is 0.555. The molecule has 0 atom stereocenters. The molecule has 2 aromatic heterocycles. The molecule has 0 aliphatic carbocycles. The molecule has 0 unspecified atom stereocenters. The molecule has 0 radical (unpaired) electrons. The van der Waals surface area contributed by atoms with E-state index >= 15 is 0 Å². The molecule has 0 saturated carbocycles. The molecular weight excluding hydrogens is 453 g/mol. The molecule has 0 aliphatic rings. The molecule has 2 N–H and O–H groups in total. The van der Waals surface area contributed by atoms with E-state index in [0.717, 1.165) is 56.2 Å². The highest BCUT2D eigenvalue weighted by molar-refractivity contribution is 14.0. The fraction of sp³-hybridized carbons (Fsp3) is 0.632. The standard InChI is InChI=1S/C19H33N7.HI/c1-7-17-16(18(8-2)25(6)24-17)13-22-19(20-5)21-10-9-11-26-15(4)12-14(3)23-26;/h12H,7-11,13H2,1-6H3,(H2,20,21,22);1H. The number of hydrogen-bond acceptors (Lipinski definition) is 3. The SMILES string of the molecule is CCc1nn(C)c(CC)c1CNC(=NC)NCCCn1nc(C)cc1C.I. The van der Waals surface area contributed by atoms with E-state index in [0.29, 0.717) is 0 Å². The molecule has 2 rings (SSSR count). The Morgan fingerprint density at radius 1 is 1.15 bits per heavy atom. The molecule has 0 fully saturated rings. The Morgan fingerprint density at radius 3 is 2.44 bits per heavy atom. The summed E-state index contributed by atoms with van der Waals surface area (Å²) in [6.45, 7) is 11.0. The van der Waals surface area contributed by atoms with Crippen LogP contribution < -0.4 is 10.6 Å². The zero-order valence-electron chi connectivity index (χ0n) is 17.5. The van der Waals surface area contributed by atoms with Gasteiger partial charge < -0.3 is 10.6 Å². The minimum atomic E-state index is 0. The van der Waals surface area contributed by atoms with E-state index in [1.165, 1.54) is 17.0 Å². The average molecular weight is 487 g/mol. The quantitative estimate of drug-likeness (QED) is 0.260. The first-order chi connectivity index (χ1) is 12.5. The van der Waals surface area contributed by atoms with Crippen molar-refractivity contribution >= 4 is 29.9 Å². The van der Waals surface area contributed by atoms with Gasteiger partial charge >= 0.3 is 0 Å². The van der Waals surface area contributed by atoms with E-state index in [1.54, 1.807) is 7.05 Å². The van der Waals surface area contributed by atoms with Crippen LogP contribution in [0.1, 0.15) is 48.6 Å². The Balaban J connectivity index is 0.00000364. The molecule has 27 heavy (non-hydrogen) atoms. The Hall–Kier alpha value is -1.58. The van der Waals surface area contributed by atoms with Crippen molar-refractivity contribution in [3.63, 3.8) is 0 Å². The van der Waals surface area contributed by atoms with E-state index in [9.17, 15) is 0 Å². The molecule has 8 heteroatoms. The Labute approximate surface area is 180 Å². The third-order valence-corrected chi connectivity index (χ3v) is 4.63. The van der Waals surface area contributed by atoms with Crippen molar-refractivity contribution in [1.82, 2.24) is 30.2 Å². The van der Waals surface area contributed by atoms with Crippen LogP contribution in [0.25, 0.3) is 0 Å². The van der Waals surface area contributed by atoms with Gasteiger partial charge in [0.25, 0.3) is 0 Å². The molecule has 0 spiro atoms. The van der Waals surface area contributed by atoms with Crippen molar-refractivity contribution in [1.29, 1.82) is 0 Å². The van der Waals surface area contributed by atoms with Gasteiger partial charge in [0.1, 0.15) is 0 Å². The second-order valence-corrected chi connectivity index (χ2v) is 6.56. The molecule has 0 saturated heterocycles. The van der Waals surface area contributed by atoms with Gasteiger partial charge in [-0.3, -0.25) is 14.4 Å². The van der Waals surface area contributed by atoms with Gasteiger partial charge in [-0.1, -0.05) is 13.8 Å².